The Labute approximate surface area is 201 Å². The molecule has 0 spiro atoms. The van der Waals surface area contributed by atoms with E-state index < -0.39 is 0 Å². The number of nitrogens with zero attached hydrogens (tertiary/aromatic N) is 2. The minimum absolute atomic E-state index is 0.184. The van der Waals surface area contributed by atoms with E-state index in [1.54, 1.807) is 0 Å². The Morgan fingerprint density at radius 1 is 0.735 bits per heavy atom. The largest absolute Gasteiger partial charge is 0.368 e. The van der Waals surface area contributed by atoms with Gasteiger partial charge < -0.3 is 20.4 Å². The molecule has 0 unspecified atom stereocenters. The highest BCUT2D eigenvalue weighted by molar-refractivity contribution is 6.00. The molecule has 1 heterocycles. The SMILES string of the molecule is Cc1ccccc1CC(=O)N1CCN(c2ccc(NC(=O)Nc3c(C)cccc3C)cc2)CC1. The molecule has 3 aromatic carbocycles. The smallest absolute Gasteiger partial charge is 0.323 e. The van der Waals surface area contributed by atoms with Gasteiger partial charge in [0.25, 0.3) is 0 Å². The third-order valence-electron chi connectivity index (χ3n) is 6.45. The van der Waals surface area contributed by atoms with Crippen LogP contribution in [0.15, 0.2) is 66.7 Å². The molecule has 3 aromatic rings. The maximum absolute atomic E-state index is 12.7. The van der Waals surface area contributed by atoms with Gasteiger partial charge in [-0.1, -0.05) is 42.5 Å². The summed E-state index contributed by atoms with van der Waals surface area (Å²) in [7, 11) is 0. The predicted molar refractivity (Wildman–Crippen MR) is 139 cm³/mol. The lowest BCUT2D eigenvalue weighted by Crippen LogP contribution is -2.49. The lowest BCUT2D eigenvalue weighted by molar-refractivity contribution is -0.130. The van der Waals surface area contributed by atoms with Crippen molar-refractivity contribution in [2.45, 2.75) is 27.2 Å². The number of hydrogen-bond acceptors (Lipinski definition) is 3. The molecular formula is C28H32N4O2. The summed E-state index contributed by atoms with van der Waals surface area (Å²) in [4.78, 5) is 29.4. The number of urea groups is 1. The third kappa shape index (κ3) is 5.57. The molecule has 4 rings (SSSR count). The molecule has 0 atom stereocenters. The standard InChI is InChI=1S/C28H32N4O2/c1-20-7-4-5-10-23(20)19-26(33)32-17-15-31(16-18-32)25-13-11-24(12-14-25)29-28(34)30-27-21(2)8-6-9-22(27)3/h4-14H,15-19H2,1-3H3,(H2,29,30,34). The first-order chi connectivity index (χ1) is 16.4. The van der Waals surface area contributed by atoms with Gasteiger partial charge in [0.2, 0.25) is 5.91 Å². The Balaban J connectivity index is 1.29. The van der Waals surface area contributed by atoms with Crippen LogP contribution in [0.4, 0.5) is 21.9 Å². The Kier molecular flexibility index (Phi) is 7.16. The van der Waals surface area contributed by atoms with E-state index in [0.29, 0.717) is 19.5 Å². The van der Waals surface area contributed by atoms with Crippen LogP contribution >= 0.6 is 0 Å². The molecule has 0 bridgehead atoms. The van der Waals surface area contributed by atoms with Crippen LogP contribution in [0.3, 0.4) is 0 Å². The van der Waals surface area contributed by atoms with Crippen molar-refractivity contribution in [1.29, 1.82) is 0 Å². The number of rotatable bonds is 5. The summed E-state index contributed by atoms with van der Waals surface area (Å²) in [6.45, 7) is 9.01. The maximum atomic E-state index is 12.7. The van der Waals surface area contributed by atoms with Crippen molar-refractivity contribution in [3.05, 3.63) is 89.0 Å². The van der Waals surface area contributed by atoms with Crippen LogP contribution in [-0.2, 0) is 11.2 Å². The zero-order valence-corrected chi connectivity index (χ0v) is 20.1. The number of hydrogen-bond donors (Lipinski definition) is 2. The molecule has 0 saturated carbocycles. The number of anilines is 3. The normalized spacial score (nSPS) is 13.5. The second-order valence-electron chi connectivity index (χ2n) is 8.86. The zero-order valence-electron chi connectivity index (χ0n) is 20.1. The van der Waals surface area contributed by atoms with E-state index in [0.717, 1.165) is 52.4 Å². The van der Waals surface area contributed by atoms with Gasteiger partial charge in [-0.25, -0.2) is 4.79 Å². The lowest BCUT2D eigenvalue weighted by Gasteiger charge is -2.36. The van der Waals surface area contributed by atoms with Gasteiger partial charge in [-0.15, -0.1) is 0 Å². The highest BCUT2D eigenvalue weighted by Gasteiger charge is 2.21. The minimum atomic E-state index is -0.258. The van der Waals surface area contributed by atoms with Gasteiger partial charge in [0.15, 0.2) is 0 Å². The number of aryl methyl sites for hydroxylation is 3. The summed E-state index contributed by atoms with van der Waals surface area (Å²) >= 11 is 0. The molecule has 1 fully saturated rings. The Bertz CT molecular complexity index is 1150. The van der Waals surface area contributed by atoms with Crippen LogP contribution in [0.1, 0.15) is 22.3 Å². The van der Waals surface area contributed by atoms with Crippen molar-refractivity contribution in [3.63, 3.8) is 0 Å². The molecular weight excluding hydrogens is 424 g/mol. The number of carbonyl (C=O) groups excluding carboxylic acids is 2. The average molecular weight is 457 g/mol. The van der Waals surface area contributed by atoms with Gasteiger partial charge in [-0.3, -0.25) is 4.79 Å². The summed E-state index contributed by atoms with van der Waals surface area (Å²) in [5, 5.41) is 5.85. The van der Waals surface area contributed by atoms with E-state index in [9.17, 15) is 9.59 Å². The number of nitrogens with one attached hydrogen (secondary N) is 2. The molecule has 3 amide bonds. The molecule has 0 radical (unpaired) electrons. The molecule has 1 aliphatic heterocycles. The summed E-state index contributed by atoms with van der Waals surface area (Å²) in [5.74, 6) is 0.184. The monoisotopic (exact) mass is 456 g/mol. The first-order valence-electron chi connectivity index (χ1n) is 11.7. The predicted octanol–water partition coefficient (Wildman–Crippen LogP) is 5.15. The van der Waals surface area contributed by atoms with E-state index in [4.69, 9.17) is 0 Å². The fourth-order valence-corrected chi connectivity index (χ4v) is 4.34. The summed E-state index contributed by atoms with van der Waals surface area (Å²) in [5.41, 5.74) is 6.98. The van der Waals surface area contributed by atoms with Crippen molar-refractivity contribution in [2.75, 3.05) is 41.7 Å². The topological polar surface area (TPSA) is 64.7 Å². The molecule has 6 heteroatoms. The van der Waals surface area contributed by atoms with Crippen LogP contribution in [0.25, 0.3) is 0 Å². The van der Waals surface area contributed by atoms with E-state index >= 15 is 0 Å². The molecule has 176 valence electrons. The fourth-order valence-electron chi connectivity index (χ4n) is 4.34. The van der Waals surface area contributed by atoms with Gasteiger partial charge in [0.1, 0.15) is 0 Å². The molecule has 2 N–H and O–H groups in total. The molecule has 0 aliphatic carbocycles. The Morgan fingerprint density at radius 2 is 1.35 bits per heavy atom. The number of amides is 3. The first-order valence-corrected chi connectivity index (χ1v) is 11.7. The van der Waals surface area contributed by atoms with E-state index in [1.807, 2.05) is 92.4 Å². The summed E-state index contributed by atoms with van der Waals surface area (Å²) in [6.07, 6.45) is 0.455. The van der Waals surface area contributed by atoms with Crippen molar-refractivity contribution in [3.8, 4) is 0 Å². The highest BCUT2D eigenvalue weighted by atomic mass is 16.2. The van der Waals surface area contributed by atoms with Crippen molar-refractivity contribution >= 4 is 29.0 Å². The summed E-state index contributed by atoms with van der Waals surface area (Å²) < 4.78 is 0. The van der Waals surface area contributed by atoms with Gasteiger partial charge in [-0.05, 0) is 67.3 Å². The van der Waals surface area contributed by atoms with Gasteiger partial charge in [0.05, 0.1) is 6.42 Å². The Morgan fingerprint density at radius 3 is 2.00 bits per heavy atom. The quantitative estimate of drug-likeness (QED) is 0.558. The number of para-hydroxylation sites is 1. The molecule has 0 aromatic heterocycles. The fraction of sp³-hybridized carbons (Fsp3) is 0.286. The lowest BCUT2D eigenvalue weighted by atomic mass is 10.1. The second-order valence-corrected chi connectivity index (χ2v) is 8.86. The molecule has 1 aliphatic rings. The van der Waals surface area contributed by atoms with Crippen LogP contribution in [0.5, 0.6) is 0 Å². The third-order valence-corrected chi connectivity index (χ3v) is 6.45. The minimum Gasteiger partial charge on any atom is -0.368 e. The maximum Gasteiger partial charge on any atom is 0.323 e. The number of carbonyl (C=O) groups is 2. The van der Waals surface area contributed by atoms with Crippen molar-refractivity contribution < 1.29 is 9.59 Å². The highest BCUT2D eigenvalue weighted by Crippen LogP contribution is 2.22. The number of piperazine rings is 1. The Hall–Kier alpha value is -3.80. The molecule has 34 heavy (non-hydrogen) atoms. The van der Waals surface area contributed by atoms with Crippen LogP contribution < -0.4 is 15.5 Å². The summed E-state index contributed by atoms with van der Waals surface area (Å²) in [6, 6.07) is 21.6. The average Bonchev–Trinajstić information content (AvgIpc) is 2.83. The van der Waals surface area contributed by atoms with Crippen LogP contribution in [0, 0.1) is 20.8 Å². The van der Waals surface area contributed by atoms with Crippen LogP contribution in [-0.4, -0.2) is 43.0 Å². The molecule has 6 nitrogen and oxygen atoms in total. The zero-order chi connectivity index (χ0) is 24.1. The van der Waals surface area contributed by atoms with Crippen molar-refractivity contribution in [1.82, 2.24) is 4.90 Å². The van der Waals surface area contributed by atoms with Gasteiger partial charge in [-0.2, -0.15) is 0 Å². The van der Waals surface area contributed by atoms with E-state index in [1.165, 1.54) is 0 Å². The first kappa shape index (κ1) is 23.4. The van der Waals surface area contributed by atoms with Gasteiger partial charge >= 0.3 is 6.03 Å². The van der Waals surface area contributed by atoms with Crippen LogP contribution in [0.2, 0.25) is 0 Å². The molecule has 1 saturated heterocycles. The van der Waals surface area contributed by atoms with Gasteiger partial charge in [0, 0.05) is 43.2 Å². The number of benzene rings is 3. The van der Waals surface area contributed by atoms with E-state index in [2.05, 4.69) is 15.5 Å². The van der Waals surface area contributed by atoms with E-state index in [-0.39, 0.29) is 11.9 Å². The van der Waals surface area contributed by atoms with Crippen molar-refractivity contribution in [2.24, 2.45) is 0 Å². The second kappa shape index (κ2) is 10.4.